The minimum atomic E-state index is -0.787. The van der Waals surface area contributed by atoms with Crippen LogP contribution in [0.15, 0.2) is 0 Å². The Balaban J connectivity index is 0. The van der Waals surface area contributed by atoms with Crippen LogP contribution in [0.5, 0.6) is 0 Å². The van der Waals surface area contributed by atoms with Crippen LogP contribution in [0.3, 0.4) is 0 Å². The number of carbonyl (C=O) groups excluding carboxylic acids is 1. The fourth-order valence-electron chi connectivity index (χ4n) is 1.03. The number of Topliss-reactive ketones (excluding diaryl/α,β-unsaturated/α-hetero) is 1. The van der Waals surface area contributed by atoms with E-state index in [1.165, 1.54) is 0 Å². The Kier molecular flexibility index (Phi) is 7.50. The molecule has 4 heteroatoms. The molecule has 0 aromatic heterocycles. The van der Waals surface area contributed by atoms with Gasteiger partial charge in [-0.25, -0.2) is 0 Å². The Morgan fingerprint density at radius 3 is 2.15 bits per heavy atom. The summed E-state index contributed by atoms with van der Waals surface area (Å²) in [4.78, 5) is 11.2. The zero-order valence-corrected chi connectivity index (χ0v) is 9.73. The first-order valence-corrected chi connectivity index (χ1v) is 4.38. The number of likely N-dealkylation sites (N-methyl/N-ethyl adjacent to an activating group) is 1. The highest BCUT2D eigenvalue weighted by molar-refractivity contribution is 5.85. The zero-order valence-electron chi connectivity index (χ0n) is 8.91. The van der Waals surface area contributed by atoms with Crippen molar-refractivity contribution in [1.29, 1.82) is 0 Å². The van der Waals surface area contributed by atoms with Crippen LogP contribution in [0.2, 0.25) is 0 Å². The highest BCUT2D eigenvalue weighted by atomic mass is 35.5. The average Bonchev–Trinajstić information content (AvgIpc) is 1.84. The van der Waals surface area contributed by atoms with E-state index in [-0.39, 0.29) is 18.2 Å². The van der Waals surface area contributed by atoms with Gasteiger partial charge in [0.05, 0.1) is 21.1 Å². The first kappa shape index (κ1) is 15.4. The third-order valence-electron chi connectivity index (χ3n) is 1.59. The second kappa shape index (κ2) is 6.35. The number of hydrogen-bond acceptors (Lipinski definition) is 2. The summed E-state index contributed by atoms with van der Waals surface area (Å²) in [6, 6.07) is 0. The predicted octanol–water partition coefficient (Wildman–Crippen LogP) is 0.844. The molecule has 0 aliphatic carbocycles. The van der Waals surface area contributed by atoms with E-state index in [9.17, 15) is 9.90 Å². The third kappa shape index (κ3) is 8.22. The molecule has 0 aromatic carbocycles. The molecule has 0 radical (unpaired) electrons. The number of carbonyl (C=O) groups is 1. The molecule has 0 fully saturated rings. The van der Waals surface area contributed by atoms with Crippen molar-refractivity contribution in [1.82, 2.24) is 0 Å². The van der Waals surface area contributed by atoms with Gasteiger partial charge in [0.2, 0.25) is 0 Å². The number of halogens is 1. The normalized spacial score (nSPS) is 13.3. The van der Waals surface area contributed by atoms with Crippen molar-refractivity contribution < 1.29 is 14.4 Å². The van der Waals surface area contributed by atoms with Gasteiger partial charge in [-0.1, -0.05) is 6.92 Å². The van der Waals surface area contributed by atoms with Crippen molar-refractivity contribution in [2.45, 2.75) is 25.9 Å². The van der Waals surface area contributed by atoms with E-state index in [2.05, 4.69) is 0 Å². The Hall–Kier alpha value is -0.120. The standard InChI is InChI=1S/C9H20NO2.ClH/c1-5-6-8(11)9(12)7-10(2,3)4;/h9,12H,5-7H2,1-4H3;1H/q+1;. The molecule has 80 valence electrons. The van der Waals surface area contributed by atoms with Gasteiger partial charge in [-0.2, -0.15) is 0 Å². The monoisotopic (exact) mass is 210 g/mol. The molecular weight excluding hydrogens is 190 g/mol. The predicted molar refractivity (Wildman–Crippen MR) is 56.1 cm³/mol. The van der Waals surface area contributed by atoms with Gasteiger partial charge >= 0.3 is 0 Å². The first-order chi connectivity index (χ1) is 5.37. The molecule has 0 saturated carbocycles. The molecule has 1 N–H and O–H groups in total. The molecule has 0 heterocycles. The number of ketones is 1. The van der Waals surface area contributed by atoms with Gasteiger partial charge in [0, 0.05) is 6.42 Å². The number of quaternary nitrogens is 1. The molecule has 0 bridgehead atoms. The quantitative estimate of drug-likeness (QED) is 0.684. The average molecular weight is 211 g/mol. The molecule has 0 amide bonds. The van der Waals surface area contributed by atoms with Crippen LogP contribution in [0.25, 0.3) is 0 Å². The van der Waals surface area contributed by atoms with E-state index in [1.54, 1.807) is 0 Å². The highest BCUT2D eigenvalue weighted by Gasteiger charge is 2.21. The number of hydrogen-bond donors (Lipinski definition) is 1. The summed E-state index contributed by atoms with van der Waals surface area (Å²) >= 11 is 0. The van der Waals surface area contributed by atoms with Gasteiger partial charge < -0.3 is 9.59 Å². The highest BCUT2D eigenvalue weighted by Crippen LogP contribution is 2.00. The third-order valence-corrected chi connectivity index (χ3v) is 1.59. The fourth-order valence-corrected chi connectivity index (χ4v) is 1.03. The second-order valence-electron chi connectivity index (χ2n) is 4.21. The molecule has 0 spiro atoms. The minimum absolute atomic E-state index is 0. The number of aliphatic hydroxyl groups is 1. The molecule has 0 aromatic rings. The largest absolute Gasteiger partial charge is 0.380 e. The molecule has 0 rings (SSSR count). The van der Waals surface area contributed by atoms with Gasteiger partial charge in [0.1, 0.15) is 6.54 Å². The number of rotatable bonds is 5. The topological polar surface area (TPSA) is 37.3 Å². The summed E-state index contributed by atoms with van der Waals surface area (Å²) in [5.74, 6) is -0.0365. The van der Waals surface area contributed by atoms with Crippen molar-refractivity contribution in [2.24, 2.45) is 0 Å². The molecule has 0 saturated heterocycles. The van der Waals surface area contributed by atoms with Gasteiger partial charge in [-0.15, -0.1) is 12.4 Å². The molecule has 0 aliphatic rings. The summed E-state index contributed by atoms with van der Waals surface area (Å²) in [5.41, 5.74) is 0. The van der Waals surface area contributed by atoms with Crippen molar-refractivity contribution in [3.8, 4) is 0 Å². The summed E-state index contributed by atoms with van der Waals surface area (Å²) < 4.78 is 0.622. The van der Waals surface area contributed by atoms with E-state index < -0.39 is 6.10 Å². The Bertz CT molecular complexity index is 154. The van der Waals surface area contributed by atoms with E-state index in [4.69, 9.17) is 0 Å². The lowest BCUT2D eigenvalue weighted by molar-refractivity contribution is -0.872. The Labute approximate surface area is 86.7 Å². The van der Waals surface area contributed by atoms with Gasteiger partial charge in [0.25, 0.3) is 0 Å². The maximum absolute atomic E-state index is 11.2. The smallest absolute Gasteiger partial charge is 0.167 e. The van der Waals surface area contributed by atoms with E-state index in [0.29, 0.717) is 17.4 Å². The van der Waals surface area contributed by atoms with E-state index in [1.807, 2.05) is 28.1 Å². The van der Waals surface area contributed by atoms with Crippen LogP contribution in [0.1, 0.15) is 19.8 Å². The molecular formula is C9H21ClNO2+. The Morgan fingerprint density at radius 2 is 1.85 bits per heavy atom. The van der Waals surface area contributed by atoms with Crippen LogP contribution >= 0.6 is 12.4 Å². The molecule has 13 heavy (non-hydrogen) atoms. The first-order valence-electron chi connectivity index (χ1n) is 4.38. The van der Waals surface area contributed by atoms with Crippen molar-refractivity contribution in [3.63, 3.8) is 0 Å². The van der Waals surface area contributed by atoms with Crippen LogP contribution in [0.4, 0.5) is 0 Å². The lowest BCUT2D eigenvalue weighted by Gasteiger charge is -2.26. The summed E-state index contributed by atoms with van der Waals surface area (Å²) in [6.07, 6.45) is 0.513. The summed E-state index contributed by atoms with van der Waals surface area (Å²) in [6.45, 7) is 2.44. The molecule has 3 nitrogen and oxygen atoms in total. The molecule has 0 aliphatic heterocycles. The van der Waals surface area contributed by atoms with Gasteiger partial charge in [-0.05, 0) is 6.42 Å². The lowest BCUT2D eigenvalue weighted by atomic mass is 10.1. The van der Waals surface area contributed by atoms with Crippen LogP contribution in [-0.4, -0.2) is 49.2 Å². The van der Waals surface area contributed by atoms with Crippen molar-refractivity contribution in [3.05, 3.63) is 0 Å². The molecule has 1 unspecified atom stereocenters. The van der Waals surface area contributed by atoms with Gasteiger partial charge in [-0.3, -0.25) is 4.79 Å². The number of nitrogens with zero attached hydrogens (tertiary/aromatic N) is 1. The van der Waals surface area contributed by atoms with Crippen LogP contribution < -0.4 is 0 Å². The second-order valence-corrected chi connectivity index (χ2v) is 4.21. The van der Waals surface area contributed by atoms with Crippen molar-refractivity contribution in [2.75, 3.05) is 27.7 Å². The maximum atomic E-state index is 11.2. The SMILES string of the molecule is CCCC(=O)C(O)C[N+](C)(C)C.Cl. The van der Waals surface area contributed by atoms with Gasteiger partial charge in [0.15, 0.2) is 11.9 Å². The summed E-state index contributed by atoms with van der Waals surface area (Å²) in [7, 11) is 5.88. The van der Waals surface area contributed by atoms with Crippen LogP contribution in [0, 0.1) is 0 Å². The number of aliphatic hydroxyl groups excluding tert-OH is 1. The van der Waals surface area contributed by atoms with Crippen molar-refractivity contribution >= 4 is 18.2 Å². The Morgan fingerprint density at radius 1 is 1.38 bits per heavy atom. The molecule has 1 atom stereocenters. The van der Waals surface area contributed by atoms with Crippen LogP contribution in [-0.2, 0) is 4.79 Å². The minimum Gasteiger partial charge on any atom is -0.380 e. The zero-order chi connectivity index (χ0) is 9.78. The van der Waals surface area contributed by atoms with E-state index >= 15 is 0 Å². The summed E-state index contributed by atoms with van der Waals surface area (Å²) in [5, 5.41) is 9.42. The van der Waals surface area contributed by atoms with E-state index in [0.717, 1.165) is 6.42 Å². The maximum Gasteiger partial charge on any atom is 0.167 e. The lowest BCUT2D eigenvalue weighted by Crippen LogP contribution is -2.44. The fraction of sp³-hybridized carbons (Fsp3) is 0.889.